The molecule has 0 aromatic carbocycles. The molecule has 0 aromatic heterocycles. The van der Waals surface area contributed by atoms with E-state index in [0.717, 1.165) is 0 Å². The summed E-state index contributed by atoms with van der Waals surface area (Å²) in [6.07, 6.45) is 0. The van der Waals surface area contributed by atoms with Crippen LogP contribution in [-0.4, -0.2) is 36.7 Å². The summed E-state index contributed by atoms with van der Waals surface area (Å²) in [5, 5.41) is 0. The molecule has 0 saturated carbocycles. The van der Waals surface area contributed by atoms with E-state index in [4.69, 9.17) is 38.4 Å². The van der Waals surface area contributed by atoms with Gasteiger partial charge in [-0.3, -0.25) is 4.79 Å². The molecular weight excluding hydrogens is 217 g/mol. The van der Waals surface area contributed by atoms with E-state index in [0.29, 0.717) is 19.8 Å². The number of alkyl halides is 2. The Kier molecular flexibility index (Phi) is 6.41. The number of hydrogen-bond acceptors (Lipinski definition) is 3. The molecule has 13 heavy (non-hydrogen) atoms. The van der Waals surface area contributed by atoms with Crippen LogP contribution < -0.4 is 5.73 Å². The minimum Gasteiger partial charge on any atom is -0.379 e. The highest BCUT2D eigenvalue weighted by Gasteiger charge is 2.31. The van der Waals surface area contributed by atoms with Gasteiger partial charge in [0.2, 0.25) is 4.33 Å². The Balaban J connectivity index is 3.46. The van der Waals surface area contributed by atoms with Crippen LogP contribution in [0.2, 0.25) is 0 Å². The molecule has 0 rings (SSSR count). The molecular formula is C7H13Cl2NO3. The fourth-order valence-electron chi connectivity index (χ4n) is 0.534. The zero-order valence-corrected chi connectivity index (χ0v) is 8.90. The molecule has 2 N–H and O–H groups in total. The highest BCUT2D eigenvalue weighted by atomic mass is 35.5. The minimum absolute atomic E-state index is 0.126. The maximum absolute atomic E-state index is 10.6. The molecule has 0 saturated heterocycles. The van der Waals surface area contributed by atoms with Gasteiger partial charge in [0.05, 0.1) is 19.8 Å². The summed E-state index contributed by atoms with van der Waals surface area (Å²) in [6.45, 7) is 3.14. The van der Waals surface area contributed by atoms with Gasteiger partial charge in [-0.25, -0.2) is 0 Å². The number of amides is 1. The first-order valence-corrected chi connectivity index (χ1v) is 4.59. The van der Waals surface area contributed by atoms with Crippen LogP contribution in [0.15, 0.2) is 0 Å². The van der Waals surface area contributed by atoms with Crippen molar-refractivity contribution in [2.75, 3.05) is 26.4 Å². The molecule has 0 fully saturated rings. The third-order valence-corrected chi connectivity index (χ3v) is 1.81. The second-order valence-corrected chi connectivity index (χ2v) is 3.80. The van der Waals surface area contributed by atoms with Crippen LogP contribution in [0.1, 0.15) is 6.92 Å². The van der Waals surface area contributed by atoms with E-state index < -0.39 is 10.2 Å². The van der Waals surface area contributed by atoms with E-state index in [-0.39, 0.29) is 6.61 Å². The molecule has 0 heterocycles. The molecule has 0 radical (unpaired) electrons. The summed E-state index contributed by atoms with van der Waals surface area (Å²) in [4.78, 5) is 10.6. The average Bonchev–Trinajstić information content (AvgIpc) is 2.03. The van der Waals surface area contributed by atoms with E-state index in [1.165, 1.54) is 0 Å². The normalized spacial score (nSPS) is 11.6. The Hall–Kier alpha value is -0.0300. The van der Waals surface area contributed by atoms with Gasteiger partial charge in [-0.1, -0.05) is 23.2 Å². The first-order chi connectivity index (χ1) is 6.00. The van der Waals surface area contributed by atoms with Crippen LogP contribution in [0.25, 0.3) is 0 Å². The molecule has 6 heteroatoms. The quantitative estimate of drug-likeness (QED) is 0.517. The molecule has 0 unspecified atom stereocenters. The third kappa shape index (κ3) is 6.10. The van der Waals surface area contributed by atoms with Crippen molar-refractivity contribution >= 4 is 29.1 Å². The lowest BCUT2D eigenvalue weighted by molar-refractivity contribution is -0.120. The van der Waals surface area contributed by atoms with E-state index in [9.17, 15) is 4.79 Å². The van der Waals surface area contributed by atoms with Gasteiger partial charge in [-0.15, -0.1) is 0 Å². The Morgan fingerprint density at radius 3 is 2.38 bits per heavy atom. The number of hydrogen-bond donors (Lipinski definition) is 1. The van der Waals surface area contributed by atoms with Crippen molar-refractivity contribution in [2.24, 2.45) is 5.73 Å². The minimum atomic E-state index is -1.65. The van der Waals surface area contributed by atoms with Crippen LogP contribution in [0.4, 0.5) is 0 Å². The lowest BCUT2D eigenvalue weighted by Gasteiger charge is -2.14. The summed E-state index contributed by atoms with van der Waals surface area (Å²) in [5.41, 5.74) is 4.90. The summed E-state index contributed by atoms with van der Waals surface area (Å²) in [6, 6.07) is 0. The maximum Gasteiger partial charge on any atom is 0.256 e. The van der Waals surface area contributed by atoms with Gasteiger partial charge in [-0.05, 0) is 6.92 Å². The number of rotatable bonds is 7. The molecule has 0 aromatic rings. The van der Waals surface area contributed by atoms with Gasteiger partial charge < -0.3 is 15.2 Å². The number of halogens is 2. The summed E-state index contributed by atoms with van der Waals surface area (Å²) in [7, 11) is 0. The molecule has 0 aliphatic carbocycles. The Morgan fingerprint density at radius 1 is 1.38 bits per heavy atom. The van der Waals surface area contributed by atoms with Crippen molar-refractivity contribution in [1.82, 2.24) is 0 Å². The molecule has 0 aliphatic rings. The van der Waals surface area contributed by atoms with Gasteiger partial charge in [0.25, 0.3) is 5.91 Å². The Bertz CT molecular complexity index is 164. The fraction of sp³-hybridized carbons (Fsp3) is 0.857. The largest absolute Gasteiger partial charge is 0.379 e. The zero-order chi connectivity index (χ0) is 10.3. The second kappa shape index (κ2) is 6.43. The summed E-state index contributed by atoms with van der Waals surface area (Å²) in [5.74, 6) is -0.813. The topological polar surface area (TPSA) is 61.6 Å². The summed E-state index contributed by atoms with van der Waals surface area (Å²) < 4.78 is 8.31. The van der Waals surface area contributed by atoms with Crippen LogP contribution in [0.5, 0.6) is 0 Å². The standard InChI is InChI=1S/C7H13Cl2NO3/c1-2-12-3-4-13-5-7(8,9)6(10)11/h2-5H2,1H3,(H2,10,11). The number of nitrogens with two attached hydrogens (primary N) is 1. The number of carbonyl (C=O) groups excluding carboxylic acids is 1. The van der Waals surface area contributed by atoms with Crippen molar-refractivity contribution in [2.45, 2.75) is 11.3 Å². The lowest BCUT2D eigenvalue weighted by atomic mass is 10.4. The zero-order valence-electron chi connectivity index (χ0n) is 7.39. The number of ether oxygens (including phenoxy) is 2. The molecule has 1 amide bonds. The second-order valence-electron chi connectivity index (χ2n) is 2.32. The average molecular weight is 230 g/mol. The molecule has 0 bridgehead atoms. The predicted octanol–water partition coefficient (Wildman–Crippen LogP) is 0.699. The van der Waals surface area contributed by atoms with Gasteiger partial charge >= 0.3 is 0 Å². The highest BCUT2D eigenvalue weighted by molar-refractivity contribution is 6.58. The molecule has 4 nitrogen and oxygen atoms in total. The van der Waals surface area contributed by atoms with Crippen molar-refractivity contribution in [3.63, 3.8) is 0 Å². The van der Waals surface area contributed by atoms with Gasteiger partial charge in [-0.2, -0.15) is 0 Å². The highest BCUT2D eigenvalue weighted by Crippen LogP contribution is 2.20. The molecule has 0 atom stereocenters. The van der Waals surface area contributed by atoms with Crippen molar-refractivity contribution in [3.8, 4) is 0 Å². The molecule has 0 spiro atoms. The van der Waals surface area contributed by atoms with Crippen LogP contribution in [0.3, 0.4) is 0 Å². The first-order valence-electron chi connectivity index (χ1n) is 3.84. The van der Waals surface area contributed by atoms with E-state index in [1.807, 2.05) is 6.92 Å². The Labute approximate surface area is 87.3 Å². The SMILES string of the molecule is CCOCCOCC(Cl)(Cl)C(N)=O. The van der Waals surface area contributed by atoms with Crippen molar-refractivity contribution < 1.29 is 14.3 Å². The van der Waals surface area contributed by atoms with Crippen LogP contribution >= 0.6 is 23.2 Å². The third-order valence-electron chi connectivity index (χ3n) is 1.22. The predicted molar refractivity (Wildman–Crippen MR) is 50.9 cm³/mol. The van der Waals surface area contributed by atoms with E-state index in [2.05, 4.69) is 0 Å². The van der Waals surface area contributed by atoms with Crippen LogP contribution in [-0.2, 0) is 14.3 Å². The van der Waals surface area contributed by atoms with Gasteiger partial charge in [0.1, 0.15) is 0 Å². The fourth-order valence-corrected chi connectivity index (χ4v) is 0.688. The first kappa shape index (κ1) is 13.0. The number of primary amides is 1. The maximum atomic E-state index is 10.6. The molecule has 0 aliphatic heterocycles. The monoisotopic (exact) mass is 229 g/mol. The van der Waals surface area contributed by atoms with Crippen LogP contribution in [0, 0.1) is 0 Å². The Morgan fingerprint density at radius 2 is 1.92 bits per heavy atom. The van der Waals surface area contributed by atoms with Crippen molar-refractivity contribution in [3.05, 3.63) is 0 Å². The van der Waals surface area contributed by atoms with Gasteiger partial charge in [0, 0.05) is 6.61 Å². The van der Waals surface area contributed by atoms with E-state index >= 15 is 0 Å². The smallest absolute Gasteiger partial charge is 0.256 e. The number of carbonyl (C=O) groups is 1. The lowest BCUT2D eigenvalue weighted by Crippen LogP contribution is -2.37. The van der Waals surface area contributed by atoms with Gasteiger partial charge in [0.15, 0.2) is 0 Å². The van der Waals surface area contributed by atoms with E-state index in [1.54, 1.807) is 0 Å². The summed E-state index contributed by atoms with van der Waals surface area (Å²) >= 11 is 11.0. The van der Waals surface area contributed by atoms with Crippen molar-refractivity contribution in [1.29, 1.82) is 0 Å². The molecule has 78 valence electrons.